The van der Waals surface area contributed by atoms with Crippen molar-refractivity contribution in [2.75, 3.05) is 13.1 Å². The van der Waals surface area contributed by atoms with Crippen LogP contribution >= 0.6 is 0 Å². The molecular formula is C14H23N. The van der Waals surface area contributed by atoms with Gasteiger partial charge in [0.2, 0.25) is 0 Å². The van der Waals surface area contributed by atoms with Crippen molar-refractivity contribution in [2.45, 2.75) is 57.9 Å². The minimum absolute atomic E-state index is 0.469. The van der Waals surface area contributed by atoms with Crippen LogP contribution in [0.15, 0.2) is 11.1 Å². The summed E-state index contributed by atoms with van der Waals surface area (Å²) in [6.07, 6.45) is 8.46. The highest BCUT2D eigenvalue weighted by Gasteiger charge is 2.43. The highest BCUT2D eigenvalue weighted by atomic mass is 15.2. The van der Waals surface area contributed by atoms with Gasteiger partial charge in [-0.1, -0.05) is 18.1 Å². The van der Waals surface area contributed by atoms with Crippen molar-refractivity contribution in [3.8, 4) is 0 Å². The molecule has 0 aromatic carbocycles. The molecule has 1 nitrogen and oxygen atoms in total. The molecule has 1 saturated heterocycles. The van der Waals surface area contributed by atoms with Crippen LogP contribution in [0, 0.1) is 5.92 Å². The largest absolute Gasteiger partial charge is 0.294 e. The summed E-state index contributed by atoms with van der Waals surface area (Å²) in [6, 6.07) is 0. The third-order valence-electron chi connectivity index (χ3n) is 5.02. The van der Waals surface area contributed by atoms with Crippen molar-refractivity contribution in [1.29, 1.82) is 0 Å². The van der Waals surface area contributed by atoms with Crippen LogP contribution in [-0.2, 0) is 0 Å². The Kier molecular flexibility index (Phi) is 2.21. The molecule has 3 aliphatic rings. The first-order valence-electron chi connectivity index (χ1n) is 6.66. The Labute approximate surface area is 93.5 Å². The van der Waals surface area contributed by atoms with Gasteiger partial charge in [0.1, 0.15) is 0 Å². The lowest BCUT2D eigenvalue weighted by Gasteiger charge is -2.51. The second-order valence-corrected chi connectivity index (χ2v) is 6.05. The smallest absolute Gasteiger partial charge is 0.0395 e. The molecule has 0 bridgehead atoms. The first-order chi connectivity index (χ1) is 7.20. The molecule has 0 aromatic heterocycles. The minimum Gasteiger partial charge on any atom is -0.294 e. The van der Waals surface area contributed by atoms with Gasteiger partial charge < -0.3 is 0 Å². The SMILES string of the molecule is CC1CCC2(C)C3=C(CCC3)CCN2C1. The second-order valence-electron chi connectivity index (χ2n) is 6.05. The summed E-state index contributed by atoms with van der Waals surface area (Å²) in [5.41, 5.74) is 4.15. The van der Waals surface area contributed by atoms with E-state index in [-0.39, 0.29) is 0 Å². The molecule has 0 spiro atoms. The van der Waals surface area contributed by atoms with Gasteiger partial charge in [0.15, 0.2) is 0 Å². The average molecular weight is 205 g/mol. The summed E-state index contributed by atoms with van der Waals surface area (Å²) in [4.78, 5) is 2.78. The normalized spacial score (nSPS) is 41.6. The fourth-order valence-corrected chi connectivity index (χ4v) is 4.04. The number of nitrogens with zero attached hydrogens (tertiary/aromatic N) is 1. The van der Waals surface area contributed by atoms with E-state index in [0.717, 1.165) is 5.92 Å². The number of hydrogen-bond acceptors (Lipinski definition) is 1. The van der Waals surface area contributed by atoms with Crippen molar-refractivity contribution in [3.63, 3.8) is 0 Å². The molecule has 0 saturated carbocycles. The predicted octanol–water partition coefficient (Wildman–Crippen LogP) is 3.36. The fourth-order valence-electron chi connectivity index (χ4n) is 4.04. The van der Waals surface area contributed by atoms with Gasteiger partial charge in [-0.05, 0) is 51.4 Å². The Morgan fingerprint density at radius 2 is 2.13 bits per heavy atom. The molecule has 0 aromatic rings. The molecule has 0 amide bonds. The van der Waals surface area contributed by atoms with E-state index in [9.17, 15) is 0 Å². The lowest BCUT2D eigenvalue weighted by molar-refractivity contribution is 0.0538. The molecule has 0 radical (unpaired) electrons. The average Bonchev–Trinajstić information content (AvgIpc) is 2.68. The van der Waals surface area contributed by atoms with Crippen LogP contribution in [0.3, 0.4) is 0 Å². The minimum atomic E-state index is 0.469. The first-order valence-corrected chi connectivity index (χ1v) is 6.66. The topological polar surface area (TPSA) is 3.24 Å². The maximum absolute atomic E-state index is 2.78. The summed E-state index contributed by atoms with van der Waals surface area (Å²) in [5.74, 6) is 0.918. The van der Waals surface area contributed by atoms with Crippen LogP contribution in [0.25, 0.3) is 0 Å². The number of rotatable bonds is 0. The van der Waals surface area contributed by atoms with Crippen LogP contribution in [0.5, 0.6) is 0 Å². The van der Waals surface area contributed by atoms with Crippen molar-refractivity contribution < 1.29 is 0 Å². The summed E-state index contributed by atoms with van der Waals surface area (Å²) >= 11 is 0. The molecule has 15 heavy (non-hydrogen) atoms. The molecule has 2 heterocycles. The molecule has 1 aliphatic carbocycles. The van der Waals surface area contributed by atoms with E-state index in [1.807, 2.05) is 11.1 Å². The number of fused-ring (bicyclic) bond motifs is 2. The van der Waals surface area contributed by atoms with Crippen LogP contribution in [-0.4, -0.2) is 23.5 Å². The van der Waals surface area contributed by atoms with Gasteiger partial charge in [-0.25, -0.2) is 0 Å². The lowest BCUT2D eigenvalue weighted by atomic mass is 9.75. The van der Waals surface area contributed by atoms with Gasteiger partial charge in [-0.2, -0.15) is 0 Å². The van der Waals surface area contributed by atoms with Crippen molar-refractivity contribution >= 4 is 0 Å². The molecular weight excluding hydrogens is 182 g/mol. The Morgan fingerprint density at radius 1 is 1.27 bits per heavy atom. The zero-order chi connectivity index (χ0) is 10.5. The first kappa shape index (κ1) is 9.89. The van der Waals surface area contributed by atoms with E-state index in [1.165, 1.54) is 51.6 Å². The fraction of sp³-hybridized carbons (Fsp3) is 0.857. The van der Waals surface area contributed by atoms with Crippen molar-refractivity contribution in [3.05, 3.63) is 11.1 Å². The zero-order valence-corrected chi connectivity index (χ0v) is 10.2. The standard InChI is InChI=1S/C14H23N/c1-11-6-8-14(2)13-5-3-4-12(13)7-9-15(14)10-11/h11H,3-10H2,1-2H3. The van der Waals surface area contributed by atoms with E-state index in [2.05, 4.69) is 18.7 Å². The zero-order valence-electron chi connectivity index (χ0n) is 10.2. The van der Waals surface area contributed by atoms with Crippen molar-refractivity contribution in [2.24, 2.45) is 5.92 Å². The molecule has 84 valence electrons. The highest BCUT2D eigenvalue weighted by Crippen LogP contribution is 2.47. The lowest BCUT2D eigenvalue weighted by Crippen LogP contribution is -2.55. The number of hydrogen-bond donors (Lipinski definition) is 0. The van der Waals surface area contributed by atoms with E-state index >= 15 is 0 Å². The Hall–Kier alpha value is -0.300. The van der Waals surface area contributed by atoms with Gasteiger partial charge in [-0.3, -0.25) is 4.90 Å². The van der Waals surface area contributed by atoms with E-state index in [0.29, 0.717) is 5.54 Å². The molecule has 2 unspecified atom stereocenters. The van der Waals surface area contributed by atoms with E-state index in [4.69, 9.17) is 0 Å². The Bertz CT molecular complexity index is 304. The maximum Gasteiger partial charge on any atom is 0.0395 e. The van der Waals surface area contributed by atoms with E-state index in [1.54, 1.807) is 0 Å². The summed E-state index contributed by atoms with van der Waals surface area (Å²) in [5, 5.41) is 0. The Morgan fingerprint density at radius 3 is 3.00 bits per heavy atom. The summed E-state index contributed by atoms with van der Waals surface area (Å²) < 4.78 is 0. The van der Waals surface area contributed by atoms with Gasteiger partial charge in [0, 0.05) is 18.6 Å². The monoisotopic (exact) mass is 205 g/mol. The third-order valence-corrected chi connectivity index (χ3v) is 5.02. The molecule has 1 heteroatoms. The molecule has 3 rings (SSSR count). The highest BCUT2D eigenvalue weighted by molar-refractivity contribution is 5.33. The van der Waals surface area contributed by atoms with Gasteiger partial charge in [0.05, 0.1) is 0 Å². The van der Waals surface area contributed by atoms with Crippen LogP contribution in [0.1, 0.15) is 52.4 Å². The Balaban J connectivity index is 1.94. The molecule has 2 aliphatic heterocycles. The van der Waals surface area contributed by atoms with Crippen LogP contribution in [0.4, 0.5) is 0 Å². The second kappa shape index (κ2) is 3.35. The van der Waals surface area contributed by atoms with Crippen LogP contribution in [0.2, 0.25) is 0 Å². The van der Waals surface area contributed by atoms with Gasteiger partial charge in [-0.15, -0.1) is 0 Å². The third kappa shape index (κ3) is 1.39. The van der Waals surface area contributed by atoms with Gasteiger partial charge in [0.25, 0.3) is 0 Å². The molecule has 0 N–H and O–H groups in total. The quantitative estimate of drug-likeness (QED) is 0.548. The van der Waals surface area contributed by atoms with Gasteiger partial charge >= 0.3 is 0 Å². The van der Waals surface area contributed by atoms with Crippen LogP contribution < -0.4 is 0 Å². The maximum atomic E-state index is 2.78. The number of piperidine rings is 1. The summed E-state index contributed by atoms with van der Waals surface area (Å²) in [7, 11) is 0. The summed E-state index contributed by atoms with van der Waals surface area (Å²) in [6.45, 7) is 7.60. The predicted molar refractivity (Wildman–Crippen MR) is 63.9 cm³/mol. The van der Waals surface area contributed by atoms with E-state index < -0.39 is 0 Å². The molecule has 2 atom stereocenters. The molecule has 1 fully saturated rings. The van der Waals surface area contributed by atoms with Crippen molar-refractivity contribution in [1.82, 2.24) is 4.90 Å².